The first kappa shape index (κ1) is 12.4. The topological polar surface area (TPSA) is 32.3 Å². The number of hydrogen-bond acceptors (Lipinski definition) is 2. The van der Waals surface area contributed by atoms with Gasteiger partial charge in [0.15, 0.2) is 0 Å². The molecular formula is C12H14F3NO. The van der Waals surface area contributed by atoms with Crippen LogP contribution < -0.4 is 5.32 Å². The van der Waals surface area contributed by atoms with Crippen LogP contribution in [0.15, 0.2) is 24.3 Å². The van der Waals surface area contributed by atoms with Gasteiger partial charge in [0.25, 0.3) is 0 Å². The Morgan fingerprint density at radius 1 is 1.24 bits per heavy atom. The lowest BCUT2D eigenvalue weighted by Crippen LogP contribution is -2.39. The highest BCUT2D eigenvalue weighted by molar-refractivity contribution is 5.34. The van der Waals surface area contributed by atoms with Gasteiger partial charge < -0.3 is 10.4 Å². The van der Waals surface area contributed by atoms with Crippen LogP contribution in [0.5, 0.6) is 0 Å². The monoisotopic (exact) mass is 245 g/mol. The lowest BCUT2D eigenvalue weighted by atomic mass is 9.85. The maximum absolute atomic E-state index is 12.8. The SMILES string of the molecule is OC1CNCCC1c1ccccc1C(F)(F)F. The first-order valence-electron chi connectivity index (χ1n) is 5.55. The van der Waals surface area contributed by atoms with Gasteiger partial charge in [0.2, 0.25) is 0 Å². The quantitative estimate of drug-likeness (QED) is 0.794. The molecule has 1 aromatic carbocycles. The molecule has 94 valence electrons. The number of alkyl halides is 3. The lowest BCUT2D eigenvalue weighted by molar-refractivity contribution is -0.138. The summed E-state index contributed by atoms with van der Waals surface area (Å²) in [4.78, 5) is 0. The van der Waals surface area contributed by atoms with Crippen molar-refractivity contribution in [1.29, 1.82) is 0 Å². The van der Waals surface area contributed by atoms with E-state index in [4.69, 9.17) is 0 Å². The summed E-state index contributed by atoms with van der Waals surface area (Å²) in [6.45, 7) is 0.977. The first-order chi connectivity index (χ1) is 8.00. The van der Waals surface area contributed by atoms with Gasteiger partial charge in [-0.15, -0.1) is 0 Å². The van der Waals surface area contributed by atoms with Crippen molar-refractivity contribution >= 4 is 0 Å². The van der Waals surface area contributed by atoms with Crippen molar-refractivity contribution in [2.75, 3.05) is 13.1 Å². The van der Waals surface area contributed by atoms with Crippen LogP contribution >= 0.6 is 0 Å². The summed E-state index contributed by atoms with van der Waals surface area (Å²) in [5.41, 5.74) is -0.431. The molecule has 0 aromatic heterocycles. The average molecular weight is 245 g/mol. The molecule has 0 saturated carbocycles. The van der Waals surface area contributed by atoms with E-state index in [9.17, 15) is 18.3 Å². The zero-order chi connectivity index (χ0) is 12.5. The van der Waals surface area contributed by atoms with E-state index in [0.29, 0.717) is 19.5 Å². The minimum Gasteiger partial charge on any atom is -0.391 e. The van der Waals surface area contributed by atoms with E-state index in [1.165, 1.54) is 12.1 Å². The third-order valence-corrected chi connectivity index (χ3v) is 3.12. The van der Waals surface area contributed by atoms with Crippen LogP contribution in [0.3, 0.4) is 0 Å². The number of rotatable bonds is 1. The van der Waals surface area contributed by atoms with Gasteiger partial charge in [0, 0.05) is 12.5 Å². The second-order valence-electron chi connectivity index (χ2n) is 4.25. The molecule has 1 fully saturated rings. The van der Waals surface area contributed by atoms with Crippen molar-refractivity contribution < 1.29 is 18.3 Å². The Kier molecular flexibility index (Phi) is 3.40. The summed E-state index contributed by atoms with van der Waals surface area (Å²) in [6.07, 6.45) is -4.60. The summed E-state index contributed by atoms with van der Waals surface area (Å²) in [5, 5.41) is 12.7. The van der Waals surface area contributed by atoms with E-state index >= 15 is 0 Å². The summed E-state index contributed by atoms with van der Waals surface area (Å²) in [5.74, 6) is -0.436. The highest BCUT2D eigenvalue weighted by Gasteiger charge is 2.37. The van der Waals surface area contributed by atoms with Gasteiger partial charge in [-0.3, -0.25) is 0 Å². The largest absolute Gasteiger partial charge is 0.416 e. The first-order valence-corrected chi connectivity index (χ1v) is 5.55. The fourth-order valence-corrected chi connectivity index (χ4v) is 2.28. The van der Waals surface area contributed by atoms with E-state index < -0.39 is 23.8 Å². The van der Waals surface area contributed by atoms with Crippen LogP contribution in [-0.2, 0) is 6.18 Å². The number of β-amino-alcohol motifs (C(OH)–C–C–N with tert-alkyl or cyclic N) is 1. The smallest absolute Gasteiger partial charge is 0.391 e. The van der Waals surface area contributed by atoms with Crippen LogP contribution in [0, 0.1) is 0 Å². The number of nitrogens with one attached hydrogen (secondary N) is 1. The summed E-state index contributed by atoms with van der Waals surface area (Å²) in [6, 6.07) is 5.49. The van der Waals surface area contributed by atoms with Gasteiger partial charge in [-0.25, -0.2) is 0 Å². The minimum atomic E-state index is -4.36. The molecule has 2 atom stereocenters. The van der Waals surface area contributed by atoms with Crippen LogP contribution in [0.1, 0.15) is 23.5 Å². The second kappa shape index (κ2) is 4.66. The molecular weight excluding hydrogens is 231 g/mol. The molecule has 5 heteroatoms. The van der Waals surface area contributed by atoms with E-state index in [-0.39, 0.29) is 5.56 Å². The molecule has 0 spiro atoms. The second-order valence-corrected chi connectivity index (χ2v) is 4.25. The minimum absolute atomic E-state index is 0.203. The Morgan fingerprint density at radius 3 is 2.59 bits per heavy atom. The molecule has 1 aromatic rings. The fraction of sp³-hybridized carbons (Fsp3) is 0.500. The zero-order valence-corrected chi connectivity index (χ0v) is 9.17. The molecule has 0 bridgehead atoms. The van der Waals surface area contributed by atoms with E-state index in [1.54, 1.807) is 6.07 Å². The van der Waals surface area contributed by atoms with Gasteiger partial charge in [0.1, 0.15) is 0 Å². The maximum atomic E-state index is 12.8. The molecule has 1 aliphatic rings. The predicted molar refractivity (Wildman–Crippen MR) is 57.7 cm³/mol. The Balaban J connectivity index is 2.37. The molecule has 2 N–H and O–H groups in total. The third-order valence-electron chi connectivity index (χ3n) is 3.12. The number of hydrogen-bond donors (Lipinski definition) is 2. The zero-order valence-electron chi connectivity index (χ0n) is 9.17. The molecule has 2 unspecified atom stereocenters. The number of aliphatic hydroxyl groups is 1. The lowest BCUT2D eigenvalue weighted by Gasteiger charge is -2.30. The summed E-state index contributed by atoms with van der Waals surface area (Å²) in [7, 11) is 0. The Morgan fingerprint density at radius 2 is 1.94 bits per heavy atom. The van der Waals surface area contributed by atoms with E-state index in [0.717, 1.165) is 6.07 Å². The van der Waals surface area contributed by atoms with Crippen LogP contribution in [0.25, 0.3) is 0 Å². The van der Waals surface area contributed by atoms with Crippen LogP contribution in [0.4, 0.5) is 13.2 Å². The molecule has 17 heavy (non-hydrogen) atoms. The molecule has 0 amide bonds. The number of benzene rings is 1. The van der Waals surface area contributed by atoms with Crippen molar-refractivity contribution in [3.63, 3.8) is 0 Å². The van der Waals surface area contributed by atoms with E-state index in [2.05, 4.69) is 5.32 Å². The van der Waals surface area contributed by atoms with Crippen LogP contribution in [0.2, 0.25) is 0 Å². The molecule has 0 radical (unpaired) electrons. The van der Waals surface area contributed by atoms with Crippen molar-refractivity contribution in [3.8, 4) is 0 Å². The van der Waals surface area contributed by atoms with Gasteiger partial charge in [-0.2, -0.15) is 13.2 Å². The molecule has 2 rings (SSSR count). The Bertz CT molecular complexity index is 392. The van der Waals surface area contributed by atoms with E-state index in [1.807, 2.05) is 0 Å². The number of halogens is 3. The number of piperidine rings is 1. The Labute approximate surface area is 97.5 Å². The van der Waals surface area contributed by atoms with Gasteiger partial charge >= 0.3 is 6.18 Å². The molecule has 0 aliphatic carbocycles. The maximum Gasteiger partial charge on any atom is 0.416 e. The third kappa shape index (κ3) is 2.61. The molecule has 1 heterocycles. The van der Waals surface area contributed by atoms with Crippen molar-refractivity contribution in [2.24, 2.45) is 0 Å². The highest BCUT2D eigenvalue weighted by Crippen LogP contribution is 2.37. The van der Waals surface area contributed by atoms with Crippen LogP contribution in [-0.4, -0.2) is 24.3 Å². The molecule has 2 nitrogen and oxygen atoms in total. The normalized spacial score (nSPS) is 25.9. The average Bonchev–Trinajstić information content (AvgIpc) is 2.28. The Hall–Kier alpha value is -1.07. The predicted octanol–water partition coefficient (Wildman–Crippen LogP) is 2.14. The van der Waals surface area contributed by atoms with Crippen molar-refractivity contribution in [2.45, 2.75) is 24.6 Å². The van der Waals surface area contributed by atoms with Gasteiger partial charge in [0.05, 0.1) is 11.7 Å². The summed E-state index contributed by atoms with van der Waals surface area (Å²) < 4.78 is 38.5. The molecule has 1 aliphatic heterocycles. The van der Waals surface area contributed by atoms with Gasteiger partial charge in [-0.05, 0) is 24.6 Å². The van der Waals surface area contributed by atoms with Gasteiger partial charge in [-0.1, -0.05) is 18.2 Å². The summed E-state index contributed by atoms with van der Waals surface area (Å²) >= 11 is 0. The standard InChI is InChI=1S/C12H14F3NO/c13-12(14,15)10-4-2-1-3-8(10)9-5-6-16-7-11(9)17/h1-4,9,11,16-17H,5-7H2. The number of aliphatic hydroxyl groups excluding tert-OH is 1. The molecule has 1 saturated heterocycles. The van der Waals surface area contributed by atoms with Crippen molar-refractivity contribution in [1.82, 2.24) is 5.32 Å². The fourth-order valence-electron chi connectivity index (χ4n) is 2.28. The van der Waals surface area contributed by atoms with Crippen molar-refractivity contribution in [3.05, 3.63) is 35.4 Å². The highest BCUT2D eigenvalue weighted by atomic mass is 19.4.